The lowest BCUT2D eigenvalue weighted by atomic mass is 9.76. The number of aromatic nitrogens is 2. The highest BCUT2D eigenvalue weighted by Gasteiger charge is 2.35. The predicted molar refractivity (Wildman–Crippen MR) is 122 cm³/mol. The van der Waals surface area contributed by atoms with Crippen LogP contribution in [-0.4, -0.2) is 39.9 Å². The van der Waals surface area contributed by atoms with Gasteiger partial charge in [0, 0.05) is 36.2 Å². The molecule has 2 heterocycles. The lowest BCUT2D eigenvalue weighted by molar-refractivity contribution is 0.0224. The van der Waals surface area contributed by atoms with Gasteiger partial charge in [0.2, 0.25) is 0 Å². The molecular weight excluding hydrogens is 370 g/mol. The van der Waals surface area contributed by atoms with Gasteiger partial charge >= 0.3 is 0 Å². The van der Waals surface area contributed by atoms with Crippen molar-refractivity contribution in [1.29, 1.82) is 0 Å². The van der Waals surface area contributed by atoms with Crippen LogP contribution in [0.2, 0.25) is 0 Å². The number of H-pyrrole nitrogens is 1. The zero-order valence-electron chi connectivity index (χ0n) is 18.2. The van der Waals surface area contributed by atoms with Crippen molar-refractivity contribution in [1.82, 2.24) is 15.1 Å². The molecule has 158 valence electrons. The van der Waals surface area contributed by atoms with Crippen molar-refractivity contribution >= 4 is 0 Å². The summed E-state index contributed by atoms with van der Waals surface area (Å²) in [4.78, 5) is 2.50. The minimum atomic E-state index is -0.0166. The molecule has 0 spiro atoms. The van der Waals surface area contributed by atoms with Gasteiger partial charge in [0.15, 0.2) is 0 Å². The number of nitrogens with one attached hydrogen (secondary N) is 1. The van der Waals surface area contributed by atoms with Crippen LogP contribution in [0.3, 0.4) is 0 Å². The normalized spacial score (nSPS) is 19.8. The largest absolute Gasteiger partial charge is 0.396 e. The monoisotopic (exact) mass is 403 g/mol. The summed E-state index contributed by atoms with van der Waals surface area (Å²) in [6.45, 7) is 7.42. The van der Waals surface area contributed by atoms with Crippen LogP contribution in [0.25, 0.3) is 11.3 Å². The molecule has 3 aromatic rings. The second-order valence-corrected chi connectivity index (χ2v) is 9.05. The van der Waals surface area contributed by atoms with Crippen LogP contribution in [0.15, 0.2) is 54.7 Å². The molecule has 1 unspecified atom stereocenters. The van der Waals surface area contributed by atoms with E-state index in [1.54, 1.807) is 0 Å². The van der Waals surface area contributed by atoms with Crippen LogP contribution < -0.4 is 0 Å². The molecule has 0 radical (unpaired) electrons. The third kappa shape index (κ3) is 4.66. The second-order valence-electron chi connectivity index (χ2n) is 9.05. The first-order chi connectivity index (χ1) is 14.6. The number of nitrogens with zero attached hydrogens (tertiary/aromatic N) is 2. The van der Waals surface area contributed by atoms with E-state index in [0.29, 0.717) is 0 Å². The van der Waals surface area contributed by atoms with E-state index in [0.717, 1.165) is 51.0 Å². The zero-order valence-corrected chi connectivity index (χ0v) is 18.2. The van der Waals surface area contributed by atoms with Gasteiger partial charge in [-0.15, -0.1) is 0 Å². The first-order valence-corrected chi connectivity index (χ1v) is 11.1. The lowest BCUT2D eigenvalue weighted by Crippen LogP contribution is -2.45. The fraction of sp³-hybridized carbons (Fsp3) is 0.423. The zero-order chi connectivity index (χ0) is 21.0. The number of hydrogen-bond acceptors (Lipinski definition) is 3. The number of rotatable bonds is 7. The number of benzene rings is 2. The molecule has 2 aromatic carbocycles. The van der Waals surface area contributed by atoms with Gasteiger partial charge in [0.25, 0.3) is 0 Å². The fourth-order valence-electron chi connectivity index (χ4n) is 4.82. The van der Waals surface area contributed by atoms with Gasteiger partial charge in [0.05, 0.1) is 11.9 Å². The van der Waals surface area contributed by atoms with Gasteiger partial charge in [-0.2, -0.15) is 5.10 Å². The van der Waals surface area contributed by atoms with Gasteiger partial charge in [-0.1, -0.05) is 48.0 Å². The van der Waals surface area contributed by atoms with E-state index in [9.17, 15) is 5.11 Å². The molecule has 1 aliphatic heterocycles. The Morgan fingerprint density at radius 3 is 2.77 bits per heavy atom. The first kappa shape index (κ1) is 20.8. The van der Waals surface area contributed by atoms with E-state index < -0.39 is 0 Å². The number of aromatic amines is 1. The molecule has 4 nitrogen and oxygen atoms in total. The maximum atomic E-state index is 10.3. The Balaban J connectivity index is 1.48. The smallest absolute Gasteiger partial charge is 0.0698 e. The molecule has 0 bridgehead atoms. The van der Waals surface area contributed by atoms with Gasteiger partial charge < -0.3 is 5.11 Å². The molecule has 1 aromatic heterocycles. The standard InChI is InChI=1S/C26H33N3O/c1-20-9-10-21(2)24(15-20)25-23(16-27-28-25)17-29-14-6-12-26(18-29,19-30)13-11-22-7-4-3-5-8-22/h3-5,7-10,15-16,30H,6,11-14,17-19H2,1-2H3,(H,27,28). The molecular formula is C26H33N3O. The molecule has 0 amide bonds. The van der Waals surface area contributed by atoms with E-state index in [1.807, 2.05) is 6.20 Å². The predicted octanol–water partition coefficient (Wildman–Crippen LogP) is 4.90. The molecule has 0 saturated carbocycles. The highest BCUT2D eigenvalue weighted by molar-refractivity contribution is 5.67. The topological polar surface area (TPSA) is 52.2 Å². The summed E-state index contributed by atoms with van der Waals surface area (Å²) in [6.07, 6.45) is 6.25. The van der Waals surface area contributed by atoms with Crippen LogP contribution in [-0.2, 0) is 13.0 Å². The SMILES string of the molecule is Cc1ccc(C)c(-c2[nH]ncc2CN2CCCC(CO)(CCc3ccccc3)C2)c1. The van der Waals surface area contributed by atoms with E-state index in [4.69, 9.17) is 0 Å². The van der Waals surface area contributed by atoms with Crippen molar-refractivity contribution in [3.63, 3.8) is 0 Å². The summed E-state index contributed by atoms with van der Waals surface area (Å²) >= 11 is 0. The number of piperidine rings is 1. The van der Waals surface area contributed by atoms with E-state index in [-0.39, 0.29) is 12.0 Å². The number of hydrogen-bond donors (Lipinski definition) is 2. The number of aliphatic hydroxyl groups is 1. The molecule has 1 atom stereocenters. The Morgan fingerprint density at radius 1 is 1.13 bits per heavy atom. The van der Waals surface area contributed by atoms with E-state index >= 15 is 0 Å². The van der Waals surface area contributed by atoms with Crippen LogP contribution in [0.1, 0.15) is 41.5 Å². The summed E-state index contributed by atoms with van der Waals surface area (Å²) in [7, 11) is 0. The second kappa shape index (κ2) is 9.15. The molecule has 1 aliphatic rings. The van der Waals surface area contributed by atoms with Crippen molar-refractivity contribution in [3.05, 3.63) is 77.0 Å². The highest BCUT2D eigenvalue weighted by Crippen LogP contribution is 2.36. The van der Waals surface area contributed by atoms with Crippen molar-refractivity contribution in [2.24, 2.45) is 5.41 Å². The third-order valence-corrected chi connectivity index (χ3v) is 6.64. The Kier molecular flexibility index (Phi) is 6.35. The Bertz CT molecular complexity index is 965. The minimum Gasteiger partial charge on any atom is -0.396 e. The van der Waals surface area contributed by atoms with Crippen molar-refractivity contribution in [3.8, 4) is 11.3 Å². The minimum absolute atomic E-state index is 0.0166. The van der Waals surface area contributed by atoms with Gasteiger partial charge in [0.1, 0.15) is 0 Å². The maximum Gasteiger partial charge on any atom is 0.0698 e. The molecule has 4 heteroatoms. The van der Waals surface area contributed by atoms with Crippen LogP contribution in [0.5, 0.6) is 0 Å². The summed E-state index contributed by atoms with van der Waals surface area (Å²) in [5, 5.41) is 17.9. The number of likely N-dealkylation sites (tertiary alicyclic amines) is 1. The molecule has 1 fully saturated rings. The van der Waals surface area contributed by atoms with Crippen LogP contribution in [0, 0.1) is 19.3 Å². The molecule has 2 N–H and O–H groups in total. The average molecular weight is 404 g/mol. The summed E-state index contributed by atoms with van der Waals surface area (Å²) in [6, 6.07) is 17.2. The van der Waals surface area contributed by atoms with Crippen LogP contribution >= 0.6 is 0 Å². The quantitative estimate of drug-likeness (QED) is 0.590. The van der Waals surface area contributed by atoms with Gasteiger partial charge in [-0.3, -0.25) is 10.00 Å². The van der Waals surface area contributed by atoms with Gasteiger partial charge in [-0.05, 0) is 63.3 Å². The lowest BCUT2D eigenvalue weighted by Gasteiger charge is -2.42. The summed E-state index contributed by atoms with van der Waals surface area (Å²) < 4.78 is 0. The van der Waals surface area contributed by atoms with Crippen molar-refractivity contribution < 1.29 is 5.11 Å². The summed E-state index contributed by atoms with van der Waals surface area (Å²) in [5.74, 6) is 0. The number of aryl methyl sites for hydroxylation is 3. The van der Waals surface area contributed by atoms with Crippen molar-refractivity contribution in [2.75, 3.05) is 19.7 Å². The Hall–Kier alpha value is -2.43. The highest BCUT2D eigenvalue weighted by atomic mass is 16.3. The molecule has 0 aliphatic carbocycles. The molecule has 4 rings (SSSR count). The molecule has 30 heavy (non-hydrogen) atoms. The van der Waals surface area contributed by atoms with E-state index in [2.05, 4.69) is 77.5 Å². The maximum absolute atomic E-state index is 10.3. The Labute approximate surface area is 180 Å². The molecule has 1 saturated heterocycles. The van der Waals surface area contributed by atoms with Crippen LogP contribution in [0.4, 0.5) is 0 Å². The average Bonchev–Trinajstić information content (AvgIpc) is 3.23. The van der Waals surface area contributed by atoms with Crippen molar-refractivity contribution in [2.45, 2.75) is 46.1 Å². The van der Waals surface area contributed by atoms with E-state index in [1.165, 1.54) is 27.8 Å². The number of aliphatic hydroxyl groups excluding tert-OH is 1. The fourth-order valence-corrected chi connectivity index (χ4v) is 4.82. The first-order valence-electron chi connectivity index (χ1n) is 11.1. The third-order valence-electron chi connectivity index (χ3n) is 6.64. The Morgan fingerprint density at radius 2 is 1.97 bits per heavy atom. The van der Waals surface area contributed by atoms with Gasteiger partial charge in [-0.25, -0.2) is 0 Å². The summed E-state index contributed by atoms with van der Waals surface area (Å²) in [5.41, 5.74) is 7.45.